The molecule has 0 radical (unpaired) electrons. The first-order valence-electron chi connectivity index (χ1n) is 22.7. The molecule has 0 N–H and O–H groups in total. The summed E-state index contributed by atoms with van der Waals surface area (Å²) in [7, 11) is 0. The summed E-state index contributed by atoms with van der Waals surface area (Å²) in [6.07, 6.45) is -18.1. The second-order valence-electron chi connectivity index (χ2n) is 17.6. The van der Waals surface area contributed by atoms with Crippen LogP contribution in [0.25, 0.3) is 83.0 Å². The minimum atomic E-state index is -4.60. The maximum absolute atomic E-state index is 13.8. The molecule has 0 unspecified atom stereocenters. The van der Waals surface area contributed by atoms with Crippen LogP contribution in [-0.4, -0.2) is 13.3 Å². The fraction of sp³-hybridized carbons (Fsp3) is 0.0690. The molecule has 4 nitrogen and oxygen atoms in total. The molecule has 0 saturated carbocycles. The second kappa shape index (κ2) is 18.2. The Balaban J connectivity index is 0.978. The summed E-state index contributed by atoms with van der Waals surface area (Å²) in [6, 6.07) is 48.1. The lowest BCUT2D eigenvalue weighted by atomic mass is 9.99. The van der Waals surface area contributed by atoms with Crippen molar-refractivity contribution in [3.05, 3.63) is 216 Å². The molecule has 2 aromatic heterocycles. The molecule has 0 aliphatic heterocycles. The molecule has 0 spiro atoms. The van der Waals surface area contributed by atoms with E-state index in [1.807, 2.05) is 59.2 Å². The number of aromatic nitrogens is 3. The van der Waals surface area contributed by atoms with Crippen LogP contribution >= 0.6 is 11.7 Å². The van der Waals surface area contributed by atoms with E-state index in [0.29, 0.717) is 67.0 Å². The van der Waals surface area contributed by atoms with Crippen molar-refractivity contribution in [2.45, 2.75) is 24.7 Å². The van der Waals surface area contributed by atoms with Crippen LogP contribution in [0, 0.1) is 0 Å². The van der Waals surface area contributed by atoms with Gasteiger partial charge in [0.05, 0.1) is 50.7 Å². The normalized spacial score (nSPS) is 12.5. The summed E-state index contributed by atoms with van der Waals surface area (Å²) in [5.41, 5.74) is 6.17. The third-order valence-corrected chi connectivity index (χ3v) is 13.6. The van der Waals surface area contributed by atoms with Gasteiger partial charge in [0.25, 0.3) is 0 Å². The Bertz CT molecular complexity index is 3780. The molecule has 2 heterocycles. The van der Waals surface area contributed by atoms with E-state index < -0.39 is 47.0 Å². The van der Waals surface area contributed by atoms with E-state index in [1.54, 1.807) is 47.4 Å². The van der Waals surface area contributed by atoms with Gasteiger partial charge in [-0.25, -0.2) is 0 Å². The zero-order valence-corrected chi connectivity index (χ0v) is 39.0. The highest BCUT2D eigenvalue weighted by Crippen LogP contribution is 2.44. The standard InChI is InChI=1S/C58H32F12N4S/c59-55(60,61)40-13-1-33(2-14-40)34-7-21-44(22-8-34)73(45-25-19-43(20-26-45)58(68,69)70)52-30-27-47(53-54(52)72-75-71-53)37-9-23-46(24-10-37)74-50-28-11-38(35-3-15-41(16-4-35)56(62,63)64)31-48(50)49-32-39(12-29-51(49)74)36-5-17-42(18-6-36)57(65,66)67/h1-32H. The number of anilines is 3. The SMILES string of the molecule is FC(F)(F)c1ccc(-c2ccc(N(c3ccc(C(F)(F)F)cc3)c3ccc(-c4ccc(-n5c6ccc(-c7ccc(C(F)(F)F)cc7)cc6c6cc(-c7ccc(C(F)(F)F)cc7)ccc65)cc4)c4nsnc34)cc2)cc1. The van der Waals surface area contributed by atoms with Crippen molar-refractivity contribution >= 4 is 61.6 Å². The van der Waals surface area contributed by atoms with Crippen LogP contribution in [-0.2, 0) is 24.7 Å². The van der Waals surface area contributed by atoms with Crippen molar-refractivity contribution in [1.82, 2.24) is 13.3 Å². The van der Waals surface area contributed by atoms with Crippen LogP contribution in [0.5, 0.6) is 0 Å². The molecule has 0 bridgehead atoms. The highest BCUT2D eigenvalue weighted by atomic mass is 32.1. The smallest absolute Gasteiger partial charge is 0.309 e. The van der Waals surface area contributed by atoms with Crippen molar-refractivity contribution in [3.8, 4) is 50.2 Å². The van der Waals surface area contributed by atoms with Crippen LogP contribution in [0.15, 0.2) is 194 Å². The lowest BCUT2D eigenvalue weighted by Crippen LogP contribution is -2.12. The number of benzene rings is 9. The average molecular weight is 1040 g/mol. The molecule has 17 heteroatoms. The minimum absolute atomic E-state index is 0.362. The lowest BCUT2D eigenvalue weighted by molar-refractivity contribution is -0.138. The zero-order chi connectivity index (χ0) is 52.6. The highest BCUT2D eigenvalue weighted by Gasteiger charge is 2.33. The van der Waals surface area contributed by atoms with Gasteiger partial charge in [-0.2, -0.15) is 61.4 Å². The largest absolute Gasteiger partial charge is 0.416 e. The third-order valence-electron chi connectivity index (χ3n) is 13.1. The Labute approximate surface area is 422 Å². The summed E-state index contributed by atoms with van der Waals surface area (Å²) in [4.78, 5) is 1.72. The van der Waals surface area contributed by atoms with Crippen molar-refractivity contribution in [1.29, 1.82) is 0 Å². The van der Waals surface area contributed by atoms with Gasteiger partial charge in [-0.15, -0.1) is 0 Å². The van der Waals surface area contributed by atoms with Gasteiger partial charge in [-0.1, -0.05) is 72.8 Å². The van der Waals surface area contributed by atoms with Gasteiger partial charge in [0.1, 0.15) is 11.0 Å². The Kier molecular flexibility index (Phi) is 11.8. The molecule has 374 valence electrons. The molecule has 0 aliphatic rings. The molecule has 0 aliphatic carbocycles. The highest BCUT2D eigenvalue weighted by molar-refractivity contribution is 7.00. The molecule has 0 atom stereocenters. The number of fused-ring (bicyclic) bond motifs is 4. The fourth-order valence-corrected chi connectivity index (χ4v) is 9.87. The lowest BCUT2D eigenvalue weighted by Gasteiger charge is -2.26. The van der Waals surface area contributed by atoms with Crippen molar-refractivity contribution in [2.24, 2.45) is 0 Å². The van der Waals surface area contributed by atoms with Crippen molar-refractivity contribution in [2.75, 3.05) is 4.90 Å². The van der Waals surface area contributed by atoms with Gasteiger partial charge in [0.2, 0.25) is 0 Å². The number of halogens is 12. The van der Waals surface area contributed by atoms with Gasteiger partial charge in [0.15, 0.2) is 0 Å². The molecular weight excluding hydrogens is 1010 g/mol. The zero-order valence-electron chi connectivity index (χ0n) is 38.2. The average Bonchev–Trinajstić information content (AvgIpc) is 4.02. The topological polar surface area (TPSA) is 34.0 Å². The summed E-state index contributed by atoms with van der Waals surface area (Å²) >= 11 is 0.939. The van der Waals surface area contributed by atoms with Crippen LogP contribution in [0.3, 0.4) is 0 Å². The Hall–Kier alpha value is -8.44. The monoisotopic (exact) mass is 1040 g/mol. The first-order chi connectivity index (χ1) is 35.7. The first-order valence-corrected chi connectivity index (χ1v) is 23.5. The van der Waals surface area contributed by atoms with Gasteiger partial charge in [-0.05, 0) is 160 Å². The molecule has 0 fully saturated rings. The van der Waals surface area contributed by atoms with E-state index in [9.17, 15) is 52.7 Å². The summed E-state index contributed by atoms with van der Waals surface area (Å²) in [6.45, 7) is 0. The molecular formula is C58H32F12N4S. The van der Waals surface area contributed by atoms with E-state index in [0.717, 1.165) is 93.3 Å². The maximum atomic E-state index is 13.8. The molecule has 0 amide bonds. The van der Waals surface area contributed by atoms with E-state index in [2.05, 4.69) is 8.75 Å². The van der Waals surface area contributed by atoms with Gasteiger partial charge >= 0.3 is 24.7 Å². The van der Waals surface area contributed by atoms with Crippen molar-refractivity contribution in [3.63, 3.8) is 0 Å². The van der Waals surface area contributed by atoms with Gasteiger partial charge in [-0.3, -0.25) is 0 Å². The second-order valence-corrected chi connectivity index (χ2v) is 18.1. The predicted octanol–water partition coefficient (Wildman–Crippen LogP) is 19.0. The van der Waals surface area contributed by atoms with Gasteiger partial charge < -0.3 is 9.47 Å². The third kappa shape index (κ3) is 9.32. The minimum Gasteiger partial charge on any atom is -0.309 e. The number of nitrogens with zero attached hydrogens (tertiary/aromatic N) is 4. The summed E-state index contributed by atoms with van der Waals surface area (Å²) < 4.78 is 173. The van der Waals surface area contributed by atoms with Crippen LogP contribution in [0.1, 0.15) is 22.3 Å². The number of hydrogen-bond acceptors (Lipinski definition) is 4. The Morgan fingerprint density at radius 2 is 0.667 bits per heavy atom. The molecule has 0 saturated heterocycles. The van der Waals surface area contributed by atoms with E-state index in [-0.39, 0.29) is 0 Å². The van der Waals surface area contributed by atoms with Crippen molar-refractivity contribution < 1.29 is 52.7 Å². The molecule has 75 heavy (non-hydrogen) atoms. The molecule has 11 aromatic rings. The first kappa shape index (κ1) is 48.8. The summed E-state index contributed by atoms with van der Waals surface area (Å²) in [5, 5.41) is 1.47. The molecule has 9 aromatic carbocycles. The van der Waals surface area contributed by atoms with Crippen LogP contribution < -0.4 is 4.90 Å². The predicted molar refractivity (Wildman–Crippen MR) is 268 cm³/mol. The van der Waals surface area contributed by atoms with E-state index >= 15 is 0 Å². The maximum Gasteiger partial charge on any atom is 0.416 e. The van der Waals surface area contributed by atoms with E-state index in [4.69, 9.17) is 0 Å². The number of alkyl halides is 12. The van der Waals surface area contributed by atoms with Gasteiger partial charge in [0, 0.05) is 33.4 Å². The van der Waals surface area contributed by atoms with Crippen LogP contribution in [0.2, 0.25) is 0 Å². The quantitative estimate of drug-likeness (QED) is 0.142. The molecule has 11 rings (SSSR count). The van der Waals surface area contributed by atoms with E-state index in [1.165, 1.54) is 48.5 Å². The number of rotatable bonds is 8. The van der Waals surface area contributed by atoms with Crippen LogP contribution in [0.4, 0.5) is 69.7 Å². The Morgan fingerprint density at radius 3 is 1.08 bits per heavy atom. The Morgan fingerprint density at radius 1 is 0.333 bits per heavy atom. The number of hydrogen-bond donors (Lipinski definition) is 0. The fourth-order valence-electron chi connectivity index (χ4n) is 9.30. The summed E-state index contributed by atoms with van der Waals surface area (Å²) in [5.74, 6) is 0.